The first-order valence-corrected chi connectivity index (χ1v) is 46.3. The van der Waals surface area contributed by atoms with Crippen molar-refractivity contribution in [1.29, 1.82) is 0 Å². The van der Waals surface area contributed by atoms with Gasteiger partial charge in [-0.25, -0.2) is 0 Å². The predicted octanol–water partition coefficient (Wildman–Crippen LogP) is 17.2. The molecule has 0 unspecified atom stereocenters. The van der Waals surface area contributed by atoms with E-state index in [0.717, 1.165) is 88.9 Å². The van der Waals surface area contributed by atoms with Gasteiger partial charge < -0.3 is 62.1 Å². The Balaban J connectivity index is 0.000000182. The molecule has 5 aliphatic rings. The topological polar surface area (TPSA) is 217 Å². The minimum atomic E-state index is -0.608. The minimum Gasteiger partial charge on any atom is -0.350 e. The zero-order valence-electron chi connectivity index (χ0n) is 72.9. The van der Waals surface area contributed by atoms with Crippen LogP contribution >= 0.6 is 46.4 Å². The van der Waals surface area contributed by atoms with E-state index in [1.54, 1.807) is 48.6 Å². The second-order valence-electron chi connectivity index (χ2n) is 34.8. The van der Waals surface area contributed by atoms with Crippen LogP contribution in [0.1, 0.15) is 192 Å². The van der Waals surface area contributed by atoms with Crippen molar-refractivity contribution in [1.82, 2.24) is 56.4 Å². The number of hydrogen-bond acceptors (Lipinski definition) is 12. The molecule has 5 aliphatic heterocycles. The first kappa shape index (κ1) is 95.6. The molecule has 0 bridgehead atoms. The zero-order valence-corrected chi connectivity index (χ0v) is 75.9. The molecule has 0 radical (unpaired) electrons. The number of carbonyl (C=O) groups excluding carboxylic acids is 6. The fourth-order valence-electron chi connectivity index (χ4n) is 17.7. The summed E-state index contributed by atoms with van der Waals surface area (Å²) in [4.78, 5) is 91.9. The summed E-state index contributed by atoms with van der Waals surface area (Å²) in [6.45, 7) is 21.3. The Hall–Kier alpha value is -9.02. The quantitative estimate of drug-likeness (QED) is 0.0196. The Labute approximate surface area is 756 Å². The number of carbonyl (C=O) groups is 6. The van der Waals surface area contributed by atoms with Gasteiger partial charge in [0.25, 0.3) is 5.91 Å². The second kappa shape index (κ2) is 48.6. The van der Waals surface area contributed by atoms with E-state index in [-0.39, 0.29) is 77.5 Å². The number of halogens is 4. The fourth-order valence-corrected chi connectivity index (χ4v) is 18.3. The number of benzene rings is 8. The van der Waals surface area contributed by atoms with Crippen molar-refractivity contribution >= 4 is 94.0 Å². The van der Waals surface area contributed by atoms with E-state index in [2.05, 4.69) is 169 Å². The van der Waals surface area contributed by atoms with Gasteiger partial charge in [0.15, 0.2) is 0 Å². The van der Waals surface area contributed by atoms with Crippen LogP contribution < -0.4 is 37.6 Å². The summed E-state index contributed by atoms with van der Waals surface area (Å²) in [5, 5.41) is 22.4. The molecule has 8 aromatic rings. The normalized spacial score (nSPS) is 19.9. The molecule has 0 aliphatic carbocycles. The van der Waals surface area contributed by atoms with Crippen molar-refractivity contribution in [2.75, 3.05) is 91.6 Å². The molecule has 13 rings (SSSR count). The van der Waals surface area contributed by atoms with Crippen LogP contribution in [0, 0.1) is 0 Å². The molecule has 124 heavy (non-hydrogen) atoms. The summed E-state index contributed by atoms with van der Waals surface area (Å²) < 4.78 is 0. The van der Waals surface area contributed by atoms with Gasteiger partial charge in [-0.2, -0.15) is 0 Å². The predicted molar refractivity (Wildman–Crippen MR) is 507 cm³/mol. The lowest BCUT2D eigenvalue weighted by Crippen LogP contribution is -2.60. The molecule has 8 N–H and O–H groups in total. The summed E-state index contributed by atoms with van der Waals surface area (Å²) in [5.41, 5.74) is 13.0. The van der Waals surface area contributed by atoms with Crippen LogP contribution in [0.2, 0.25) is 20.1 Å². The lowest BCUT2D eigenvalue weighted by Gasteiger charge is -2.36. The summed E-state index contributed by atoms with van der Waals surface area (Å²) in [6, 6.07) is 70.5. The number of rotatable bonds is 32. The first-order valence-electron chi connectivity index (χ1n) is 44.8. The molecular formula is C102H128Cl4N12O6. The average Bonchev–Trinajstić information content (AvgIpc) is 1.65. The molecule has 0 saturated carbocycles. The fraction of sp³-hybridized carbons (Fsp3) is 0.431. The van der Waals surface area contributed by atoms with Crippen LogP contribution in [-0.2, 0) is 24.0 Å². The maximum absolute atomic E-state index is 14.3. The molecular weight excluding hydrogens is 1630 g/mol. The van der Waals surface area contributed by atoms with Crippen LogP contribution in [0.3, 0.4) is 0 Å². The van der Waals surface area contributed by atoms with E-state index >= 15 is 0 Å². The standard InChI is InChI=1S/C38H47ClN4O2.C33H39ClN4O2.C31H42Cl2N4O2/c1-38(2,41-36(44)21-18-29-16-19-32(39)20-17-29)35-23-27-43(37(45)34(40-35)22-26-42-24-10-5-11-25-42)28-33(30-12-6-3-7-13-30)31-14-8-4-9-15-31;1-33(2,37-31(39)18-15-24-13-16-27(34)17-14-24)30-20-22-38(32(40)29(36-30)19-21-35)23-28(25-9-5-3-6-10-25)26-11-7-4-8-12-26;1-2-23(24-10-5-3-6-11-24)22-37-19-15-26(21-34-30(38)25-13-14-27(32)28(33)20-25)35-29(31(37)39)12-9-18-36-16-7-4-8-17-36/h3-4,6-9,12-21,33-35,40H,5,10-11,22-28H2,1-2H3,(H,41,44);3-18,28-30,36H,19-23,35H2,1-2H3,(H,37,39);3,5-6,10-11,13-14,20,23,26,29,35H,2,4,7-9,12,15-19,21-22H2,1H3,(H,34,38)/b21-18+;18-15+;/t34-,35-;29-,30-;23-,26+,29+/m001/s1. The Morgan fingerprint density at radius 2 is 0.847 bits per heavy atom. The summed E-state index contributed by atoms with van der Waals surface area (Å²) in [6.07, 6.45) is 20.5. The molecule has 5 saturated heterocycles. The highest BCUT2D eigenvalue weighted by Crippen LogP contribution is 2.33. The van der Waals surface area contributed by atoms with Crippen LogP contribution in [0.25, 0.3) is 12.2 Å². The number of hydrogen-bond donors (Lipinski definition) is 7. The number of likely N-dealkylation sites (tertiary alicyclic amines) is 2. The van der Waals surface area contributed by atoms with Gasteiger partial charge >= 0.3 is 0 Å². The highest BCUT2D eigenvalue weighted by Gasteiger charge is 2.42. The maximum atomic E-state index is 14.3. The number of amides is 6. The summed E-state index contributed by atoms with van der Waals surface area (Å²) in [5.74, 6) is 0.246. The molecule has 0 aromatic heterocycles. The largest absolute Gasteiger partial charge is 0.350 e. The Kier molecular flexibility index (Phi) is 37.5. The van der Waals surface area contributed by atoms with Crippen LogP contribution in [-0.4, -0.2) is 199 Å². The SMILES string of the molecule is CC(C)(NC(=O)/C=C/c1ccc(Cl)cc1)[C@@H]1CCN(CC(c2ccccc2)c2ccccc2)C(=O)[C@H](CCN)N1.CC(C)(NC(=O)/C=C/c1ccc(Cl)cc1)[C@@H]1CCN(CC(c2ccccc2)c2ccccc2)C(=O)[C@H](CCN2CCCCC2)N1.CC[C@H](CN1CC[C@@H](CNC(=O)c2ccc(Cl)c(Cl)c2)N[C@@H](CCCN2CCCCC2)C1=O)c1ccccc1. The summed E-state index contributed by atoms with van der Waals surface area (Å²) in [7, 11) is 0. The van der Waals surface area contributed by atoms with Crippen LogP contribution in [0.15, 0.2) is 231 Å². The van der Waals surface area contributed by atoms with Gasteiger partial charge in [-0.15, -0.1) is 0 Å². The molecule has 22 heteroatoms. The lowest BCUT2D eigenvalue weighted by molar-refractivity contribution is -0.134. The highest BCUT2D eigenvalue weighted by molar-refractivity contribution is 6.42. The second-order valence-corrected chi connectivity index (χ2v) is 36.5. The Morgan fingerprint density at radius 1 is 0.452 bits per heavy atom. The smallest absolute Gasteiger partial charge is 0.251 e. The van der Waals surface area contributed by atoms with E-state index in [1.807, 2.05) is 110 Å². The number of nitrogens with zero attached hydrogens (tertiary/aromatic N) is 5. The van der Waals surface area contributed by atoms with E-state index in [9.17, 15) is 28.8 Å². The van der Waals surface area contributed by atoms with Gasteiger partial charge in [-0.05, 0) is 238 Å². The molecule has 7 atom stereocenters. The van der Waals surface area contributed by atoms with Gasteiger partial charge in [0.1, 0.15) is 0 Å². The van der Waals surface area contributed by atoms with Gasteiger partial charge in [-0.1, -0.05) is 242 Å². The van der Waals surface area contributed by atoms with E-state index in [0.29, 0.717) is 96.8 Å². The zero-order chi connectivity index (χ0) is 87.8. The van der Waals surface area contributed by atoms with Crippen molar-refractivity contribution < 1.29 is 28.8 Å². The molecule has 660 valence electrons. The van der Waals surface area contributed by atoms with Gasteiger partial charge in [-0.3, -0.25) is 28.8 Å². The van der Waals surface area contributed by atoms with E-state index in [4.69, 9.17) is 52.1 Å². The third-order valence-corrected chi connectivity index (χ3v) is 26.2. The van der Waals surface area contributed by atoms with Crippen molar-refractivity contribution in [3.8, 4) is 0 Å². The Morgan fingerprint density at radius 3 is 1.27 bits per heavy atom. The van der Waals surface area contributed by atoms with Gasteiger partial charge in [0, 0.05) is 116 Å². The molecule has 0 spiro atoms. The molecule has 6 amide bonds. The summed E-state index contributed by atoms with van der Waals surface area (Å²) >= 11 is 24.1. The molecule has 5 heterocycles. The molecule has 18 nitrogen and oxygen atoms in total. The third-order valence-electron chi connectivity index (χ3n) is 25.0. The number of nitrogens with one attached hydrogen (secondary N) is 6. The van der Waals surface area contributed by atoms with Crippen molar-refractivity contribution in [2.24, 2.45) is 5.73 Å². The first-order chi connectivity index (χ1) is 60.0. The lowest BCUT2D eigenvalue weighted by atomic mass is 9.90. The average molecular weight is 1760 g/mol. The van der Waals surface area contributed by atoms with E-state index < -0.39 is 17.1 Å². The van der Waals surface area contributed by atoms with Crippen molar-refractivity contribution in [3.05, 3.63) is 295 Å². The van der Waals surface area contributed by atoms with Gasteiger partial charge in [0.2, 0.25) is 29.5 Å². The van der Waals surface area contributed by atoms with Crippen molar-refractivity contribution in [2.45, 2.75) is 190 Å². The van der Waals surface area contributed by atoms with Gasteiger partial charge in [0.05, 0.1) is 39.2 Å². The number of nitrogens with two attached hydrogens (primary N) is 1. The molecule has 5 fully saturated rings. The van der Waals surface area contributed by atoms with Crippen molar-refractivity contribution in [3.63, 3.8) is 0 Å². The monoisotopic (exact) mass is 1760 g/mol. The van der Waals surface area contributed by atoms with Crippen LogP contribution in [0.5, 0.6) is 0 Å². The highest BCUT2D eigenvalue weighted by atomic mass is 35.5. The number of piperidine rings is 2. The van der Waals surface area contributed by atoms with Crippen LogP contribution in [0.4, 0.5) is 0 Å². The minimum absolute atomic E-state index is 0.00228. The third kappa shape index (κ3) is 29.3. The Bertz CT molecular complexity index is 4620. The van der Waals surface area contributed by atoms with E-state index in [1.165, 1.54) is 72.4 Å². The molecule has 8 aromatic carbocycles. The maximum Gasteiger partial charge on any atom is 0.251 e.